The summed E-state index contributed by atoms with van der Waals surface area (Å²) in [6.45, 7) is 3.95. The molecule has 0 aliphatic heterocycles. The van der Waals surface area contributed by atoms with Crippen LogP contribution in [-0.2, 0) is 4.79 Å². The van der Waals surface area contributed by atoms with Crippen LogP contribution < -0.4 is 10.1 Å². The van der Waals surface area contributed by atoms with E-state index < -0.39 is 0 Å². The number of nitrogens with one attached hydrogen (secondary N) is 1. The molecule has 0 heterocycles. The zero-order chi connectivity index (χ0) is 16.8. The van der Waals surface area contributed by atoms with Gasteiger partial charge in [0.15, 0.2) is 6.61 Å². The van der Waals surface area contributed by atoms with Crippen molar-refractivity contribution in [3.63, 3.8) is 0 Å². The fraction of sp³-hybridized carbons (Fsp3) is 0.278. The van der Waals surface area contributed by atoms with Crippen molar-refractivity contribution in [1.29, 1.82) is 0 Å². The minimum atomic E-state index is -0.200. The predicted molar refractivity (Wildman–Crippen MR) is 94.3 cm³/mol. The second-order valence-corrected chi connectivity index (χ2v) is 6.15. The van der Waals surface area contributed by atoms with Gasteiger partial charge < -0.3 is 10.1 Å². The van der Waals surface area contributed by atoms with Crippen LogP contribution in [0.1, 0.15) is 30.5 Å². The van der Waals surface area contributed by atoms with E-state index in [1.165, 1.54) is 5.56 Å². The molecule has 0 spiro atoms. The summed E-state index contributed by atoms with van der Waals surface area (Å²) in [5.74, 6) is 0.200. The number of benzene rings is 2. The molecule has 0 unspecified atom stereocenters. The second kappa shape index (κ2) is 8.23. The molecule has 0 saturated carbocycles. The maximum Gasteiger partial charge on any atom is 0.258 e. The molecule has 5 heteroatoms. The van der Waals surface area contributed by atoms with Crippen LogP contribution in [-0.4, -0.2) is 12.5 Å². The molecular weight excluding hydrogens is 333 g/mol. The van der Waals surface area contributed by atoms with Gasteiger partial charge in [0.2, 0.25) is 0 Å². The van der Waals surface area contributed by atoms with E-state index in [0.717, 1.165) is 12.0 Å². The average molecular weight is 352 g/mol. The Bertz CT molecular complexity index is 671. The monoisotopic (exact) mass is 351 g/mol. The fourth-order valence-electron chi connectivity index (χ4n) is 2.19. The Balaban J connectivity index is 1.95. The second-order valence-electron chi connectivity index (χ2n) is 5.30. The van der Waals surface area contributed by atoms with Crippen molar-refractivity contribution in [2.24, 2.45) is 0 Å². The first-order valence-corrected chi connectivity index (χ1v) is 8.19. The maximum atomic E-state index is 12.1. The number of hydrogen-bond acceptors (Lipinski definition) is 2. The lowest BCUT2D eigenvalue weighted by Gasteiger charge is -2.18. The quantitative estimate of drug-likeness (QED) is 0.799. The van der Waals surface area contributed by atoms with E-state index in [9.17, 15) is 4.79 Å². The average Bonchev–Trinajstić information content (AvgIpc) is 2.54. The Morgan fingerprint density at radius 3 is 2.52 bits per heavy atom. The van der Waals surface area contributed by atoms with Gasteiger partial charge >= 0.3 is 0 Å². The molecule has 0 bridgehead atoms. The number of amides is 1. The first-order valence-electron chi connectivity index (χ1n) is 7.43. The molecule has 0 aliphatic carbocycles. The van der Waals surface area contributed by atoms with Crippen molar-refractivity contribution in [2.45, 2.75) is 26.3 Å². The Hall–Kier alpha value is -1.71. The summed E-state index contributed by atoms with van der Waals surface area (Å²) in [6, 6.07) is 13.0. The zero-order valence-corrected chi connectivity index (χ0v) is 14.6. The third kappa shape index (κ3) is 5.15. The van der Waals surface area contributed by atoms with Crippen molar-refractivity contribution < 1.29 is 9.53 Å². The van der Waals surface area contributed by atoms with Crippen molar-refractivity contribution in [3.05, 3.63) is 63.6 Å². The van der Waals surface area contributed by atoms with Crippen molar-refractivity contribution in [3.8, 4) is 5.75 Å². The molecule has 2 aromatic carbocycles. The van der Waals surface area contributed by atoms with Crippen LogP contribution in [0.2, 0.25) is 10.0 Å². The summed E-state index contributed by atoms with van der Waals surface area (Å²) in [6.07, 6.45) is 0.798. The highest BCUT2D eigenvalue weighted by Crippen LogP contribution is 2.27. The lowest BCUT2D eigenvalue weighted by atomic mass is 10.0. The Labute approximate surface area is 146 Å². The number of rotatable bonds is 6. The van der Waals surface area contributed by atoms with Crippen LogP contribution in [0.25, 0.3) is 0 Å². The van der Waals surface area contributed by atoms with Crippen molar-refractivity contribution in [2.75, 3.05) is 6.61 Å². The van der Waals surface area contributed by atoms with E-state index in [0.29, 0.717) is 15.8 Å². The smallest absolute Gasteiger partial charge is 0.258 e. The maximum absolute atomic E-state index is 12.1. The van der Waals surface area contributed by atoms with Crippen molar-refractivity contribution >= 4 is 29.1 Å². The van der Waals surface area contributed by atoms with Crippen LogP contribution in [0.15, 0.2) is 42.5 Å². The summed E-state index contributed by atoms with van der Waals surface area (Å²) >= 11 is 11.9. The van der Waals surface area contributed by atoms with E-state index in [2.05, 4.69) is 5.32 Å². The van der Waals surface area contributed by atoms with Crippen molar-refractivity contribution in [1.82, 2.24) is 5.32 Å². The molecule has 0 saturated heterocycles. The molecule has 3 nitrogen and oxygen atoms in total. The lowest BCUT2D eigenvalue weighted by Crippen LogP contribution is -2.32. The summed E-state index contributed by atoms with van der Waals surface area (Å²) in [5.41, 5.74) is 2.26. The highest BCUT2D eigenvalue weighted by Gasteiger charge is 2.13. The molecule has 0 radical (unpaired) electrons. The highest BCUT2D eigenvalue weighted by atomic mass is 35.5. The van der Waals surface area contributed by atoms with Crippen LogP contribution in [0.4, 0.5) is 0 Å². The normalized spacial score (nSPS) is 11.8. The number of aryl methyl sites for hydroxylation is 1. The van der Waals surface area contributed by atoms with E-state index in [-0.39, 0.29) is 18.6 Å². The topological polar surface area (TPSA) is 38.3 Å². The zero-order valence-electron chi connectivity index (χ0n) is 13.1. The molecule has 0 aromatic heterocycles. The molecule has 122 valence electrons. The molecule has 0 fully saturated rings. The van der Waals surface area contributed by atoms with Gasteiger partial charge in [-0.25, -0.2) is 0 Å². The van der Waals surface area contributed by atoms with Gasteiger partial charge in [0.05, 0.1) is 11.1 Å². The summed E-state index contributed by atoms with van der Waals surface area (Å²) in [4.78, 5) is 12.1. The molecule has 2 aromatic rings. The summed E-state index contributed by atoms with van der Waals surface area (Å²) in [7, 11) is 0. The standard InChI is InChI=1S/C18H19Cl2NO2/c1-3-16(13-6-4-12(2)5-7-13)21-18(22)11-23-17-10-14(19)8-9-15(17)20/h4-10,16H,3,11H2,1-2H3,(H,21,22)/t16-/m1/s1. The highest BCUT2D eigenvalue weighted by molar-refractivity contribution is 6.34. The van der Waals surface area contributed by atoms with E-state index in [1.807, 2.05) is 38.1 Å². The molecular formula is C18H19Cl2NO2. The van der Waals surface area contributed by atoms with Gasteiger partial charge in [-0.1, -0.05) is 60.0 Å². The number of carbonyl (C=O) groups excluding carboxylic acids is 1. The Morgan fingerprint density at radius 1 is 1.17 bits per heavy atom. The van der Waals surface area contributed by atoms with Crippen LogP contribution in [0.5, 0.6) is 5.75 Å². The van der Waals surface area contributed by atoms with E-state index in [4.69, 9.17) is 27.9 Å². The minimum absolute atomic E-state index is 0.0402. The third-order valence-electron chi connectivity index (χ3n) is 3.48. The lowest BCUT2D eigenvalue weighted by molar-refractivity contribution is -0.123. The number of carbonyl (C=O) groups is 1. The SMILES string of the molecule is CC[C@@H](NC(=O)COc1cc(Cl)ccc1Cl)c1ccc(C)cc1. The van der Waals surface area contributed by atoms with Crippen LogP contribution >= 0.6 is 23.2 Å². The van der Waals surface area contributed by atoms with E-state index >= 15 is 0 Å². The summed E-state index contributed by atoms with van der Waals surface area (Å²) < 4.78 is 5.45. The van der Waals surface area contributed by atoms with Gasteiger partial charge in [-0.15, -0.1) is 0 Å². The molecule has 23 heavy (non-hydrogen) atoms. The number of hydrogen-bond donors (Lipinski definition) is 1. The molecule has 1 N–H and O–H groups in total. The first kappa shape index (κ1) is 17.6. The van der Waals surface area contributed by atoms with Gasteiger partial charge in [-0.2, -0.15) is 0 Å². The van der Waals surface area contributed by atoms with Crippen LogP contribution in [0.3, 0.4) is 0 Å². The minimum Gasteiger partial charge on any atom is -0.482 e. The van der Waals surface area contributed by atoms with Crippen LogP contribution in [0, 0.1) is 6.92 Å². The first-order chi connectivity index (χ1) is 11.0. The van der Waals surface area contributed by atoms with Gasteiger partial charge in [-0.05, 0) is 31.0 Å². The number of ether oxygens (including phenoxy) is 1. The molecule has 1 amide bonds. The van der Waals surface area contributed by atoms with E-state index in [1.54, 1.807) is 18.2 Å². The largest absolute Gasteiger partial charge is 0.482 e. The fourth-order valence-corrected chi connectivity index (χ4v) is 2.52. The van der Waals surface area contributed by atoms with Gasteiger partial charge in [0, 0.05) is 11.1 Å². The van der Waals surface area contributed by atoms with Gasteiger partial charge in [-0.3, -0.25) is 4.79 Å². The molecule has 1 atom stereocenters. The molecule has 2 rings (SSSR count). The number of halogens is 2. The van der Waals surface area contributed by atoms with Gasteiger partial charge in [0.1, 0.15) is 5.75 Å². The van der Waals surface area contributed by atoms with Gasteiger partial charge in [0.25, 0.3) is 5.91 Å². The summed E-state index contributed by atoms with van der Waals surface area (Å²) in [5, 5.41) is 3.90. The third-order valence-corrected chi connectivity index (χ3v) is 4.02. The predicted octanol–water partition coefficient (Wildman–Crippen LogP) is 4.95. The molecule has 0 aliphatic rings. The Morgan fingerprint density at radius 2 is 1.87 bits per heavy atom. The Kier molecular flexibility index (Phi) is 6.31.